The third-order valence-electron chi connectivity index (χ3n) is 4.62. The van der Waals surface area contributed by atoms with Crippen LogP contribution in [0.5, 0.6) is 11.5 Å². The first-order valence-corrected chi connectivity index (χ1v) is 8.22. The summed E-state index contributed by atoms with van der Waals surface area (Å²) in [6.07, 6.45) is 1.16. The summed E-state index contributed by atoms with van der Waals surface area (Å²) in [4.78, 5) is 25.5. The molecule has 2 heterocycles. The van der Waals surface area contributed by atoms with Gasteiger partial charge in [0.05, 0.1) is 12.0 Å². The second-order valence-corrected chi connectivity index (χ2v) is 6.17. The average molecular weight is 371 g/mol. The molecule has 0 spiro atoms. The molecule has 1 aromatic carbocycles. The number of carbonyl (C=O) groups is 2. The molecule has 1 saturated heterocycles. The van der Waals surface area contributed by atoms with E-state index in [-0.39, 0.29) is 30.3 Å². The lowest BCUT2D eigenvalue weighted by atomic mass is 9.96. The molecule has 3 rings (SSSR count). The lowest BCUT2D eigenvalue weighted by Crippen LogP contribution is -2.46. The van der Waals surface area contributed by atoms with Crippen molar-refractivity contribution in [2.75, 3.05) is 31.6 Å². The number of nitrogens with zero attached hydrogens (tertiary/aromatic N) is 1. The number of carbonyl (C=O) groups excluding carboxylic acids is 1. The molecule has 138 valence electrons. The molecule has 0 aromatic heterocycles. The van der Waals surface area contributed by atoms with Gasteiger partial charge < -0.3 is 19.9 Å². The number of benzene rings is 1. The van der Waals surface area contributed by atoms with Crippen molar-refractivity contribution in [3.05, 3.63) is 18.2 Å². The third kappa shape index (κ3) is 4.55. The molecular weight excluding hydrogens is 348 g/mol. The van der Waals surface area contributed by atoms with Gasteiger partial charge in [0, 0.05) is 11.8 Å². The van der Waals surface area contributed by atoms with E-state index in [0.717, 1.165) is 0 Å². The largest absolute Gasteiger partial charge is 0.486 e. The lowest BCUT2D eigenvalue weighted by molar-refractivity contribution is -0.143. The summed E-state index contributed by atoms with van der Waals surface area (Å²) in [5.74, 6) is 0.162. The Hall–Kier alpha value is -1.99. The van der Waals surface area contributed by atoms with Gasteiger partial charge in [-0.3, -0.25) is 14.5 Å². The highest BCUT2D eigenvalue weighted by molar-refractivity contribution is 5.94. The number of halogens is 1. The fourth-order valence-electron chi connectivity index (χ4n) is 3.07. The maximum Gasteiger partial charge on any atom is 0.306 e. The Morgan fingerprint density at radius 3 is 2.48 bits per heavy atom. The van der Waals surface area contributed by atoms with E-state index >= 15 is 0 Å². The number of ether oxygens (including phenoxy) is 2. The highest BCUT2D eigenvalue weighted by atomic mass is 35.5. The minimum atomic E-state index is -0.747. The van der Waals surface area contributed by atoms with Crippen LogP contribution >= 0.6 is 12.4 Å². The summed E-state index contributed by atoms with van der Waals surface area (Å²) in [5, 5.41) is 11.9. The second-order valence-electron chi connectivity index (χ2n) is 6.17. The molecule has 0 bridgehead atoms. The standard InChI is InChI=1S/C17H22N2O5.ClH/c1-11(19-6-4-12(5-7-19)17(21)22)16(20)18-13-2-3-14-15(10-13)24-9-8-23-14;/h2-3,10-12H,4-9H2,1H3,(H,18,20)(H,21,22);1H. The van der Waals surface area contributed by atoms with Crippen molar-refractivity contribution in [1.29, 1.82) is 0 Å². The number of nitrogens with one attached hydrogen (secondary N) is 1. The van der Waals surface area contributed by atoms with E-state index in [1.165, 1.54) is 0 Å². The predicted octanol–water partition coefficient (Wildman–Crippen LogP) is 2.00. The Balaban J connectivity index is 0.00000225. The predicted molar refractivity (Wildman–Crippen MR) is 94.7 cm³/mol. The smallest absolute Gasteiger partial charge is 0.306 e. The van der Waals surface area contributed by atoms with E-state index in [1.807, 2.05) is 11.8 Å². The number of aliphatic carboxylic acids is 1. The van der Waals surface area contributed by atoms with Crippen LogP contribution in [0.25, 0.3) is 0 Å². The lowest BCUT2D eigenvalue weighted by Gasteiger charge is -2.33. The van der Waals surface area contributed by atoms with E-state index in [9.17, 15) is 9.59 Å². The van der Waals surface area contributed by atoms with Crippen molar-refractivity contribution in [3.63, 3.8) is 0 Å². The van der Waals surface area contributed by atoms with Gasteiger partial charge in [-0.2, -0.15) is 0 Å². The van der Waals surface area contributed by atoms with Gasteiger partial charge in [-0.1, -0.05) is 0 Å². The van der Waals surface area contributed by atoms with Gasteiger partial charge >= 0.3 is 5.97 Å². The van der Waals surface area contributed by atoms with E-state index < -0.39 is 5.97 Å². The Morgan fingerprint density at radius 2 is 1.84 bits per heavy atom. The molecule has 1 amide bonds. The van der Waals surface area contributed by atoms with Gasteiger partial charge in [-0.05, 0) is 45.0 Å². The Labute approximate surface area is 152 Å². The maximum absolute atomic E-state index is 12.5. The highest BCUT2D eigenvalue weighted by Crippen LogP contribution is 2.32. The molecule has 8 heteroatoms. The monoisotopic (exact) mass is 370 g/mol. The number of anilines is 1. The van der Waals surface area contributed by atoms with Crippen molar-refractivity contribution < 1.29 is 24.2 Å². The zero-order valence-corrected chi connectivity index (χ0v) is 14.9. The van der Waals surface area contributed by atoms with Crippen molar-refractivity contribution in [2.45, 2.75) is 25.8 Å². The molecule has 2 aliphatic rings. The summed E-state index contributed by atoms with van der Waals surface area (Å²) in [7, 11) is 0. The van der Waals surface area contributed by atoms with Gasteiger partial charge in [0.15, 0.2) is 11.5 Å². The minimum Gasteiger partial charge on any atom is -0.486 e. The highest BCUT2D eigenvalue weighted by Gasteiger charge is 2.29. The Morgan fingerprint density at radius 1 is 1.20 bits per heavy atom. The SMILES string of the molecule is CC(C(=O)Nc1ccc2c(c1)OCCO2)N1CCC(C(=O)O)CC1.Cl. The van der Waals surface area contributed by atoms with E-state index in [4.69, 9.17) is 14.6 Å². The van der Waals surface area contributed by atoms with Crippen molar-refractivity contribution in [3.8, 4) is 11.5 Å². The molecule has 1 aromatic rings. The van der Waals surface area contributed by atoms with Crippen molar-refractivity contribution in [2.24, 2.45) is 5.92 Å². The Bertz CT molecular complexity index is 631. The van der Waals surface area contributed by atoms with Crippen molar-refractivity contribution >= 4 is 30.0 Å². The summed E-state index contributed by atoms with van der Waals surface area (Å²) in [5.41, 5.74) is 0.663. The normalized spacial score (nSPS) is 18.8. The maximum atomic E-state index is 12.5. The fraction of sp³-hybridized carbons (Fsp3) is 0.529. The Kier molecular flexibility index (Phi) is 6.50. The van der Waals surface area contributed by atoms with Crippen LogP contribution < -0.4 is 14.8 Å². The molecule has 1 atom stereocenters. The zero-order chi connectivity index (χ0) is 17.1. The minimum absolute atomic E-state index is 0. The first-order valence-electron chi connectivity index (χ1n) is 8.22. The summed E-state index contributed by atoms with van der Waals surface area (Å²) >= 11 is 0. The number of carboxylic acid groups (broad SMARTS) is 1. The topological polar surface area (TPSA) is 88.1 Å². The van der Waals surface area contributed by atoms with Crippen LogP contribution in [-0.4, -0.2) is 54.2 Å². The number of amides is 1. The van der Waals surface area contributed by atoms with Crippen LogP contribution in [-0.2, 0) is 9.59 Å². The van der Waals surface area contributed by atoms with Crippen molar-refractivity contribution in [1.82, 2.24) is 4.90 Å². The third-order valence-corrected chi connectivity index (χ3v) is 4.62. The number of fused-ring (bicyclic) bond motifs is 1. The van der Waals surface area contributed by atoms with Crippen LogP contribution in [0.4, 0.5) is 5.69 Å². The van der Waals surface area contributed by atoms with Crippen LogP contribution in [0.3, 0.4) is 0 Å². The quantitative estimate of drug-likeness (QED) is 0.842. The molecule has 2 N–H and O–H groups in total. The molecule has 25 heavy (non-hydrogen) atoms. The van der Waals surface area contributed by atoms with Gasteiger partial charge in [0.25, 0.3) is 0 Å². The number of hydrogen-bond acceptors (Lipinski definition) is 5. The van der Waals surface area contributed by atoms with Gasteiger partial charge in [-0.25, -0.2) is 0 Å². The second kappa shape index (κ2) is 8.40. The molecule has 0 radical (unpaired) electrons. The number of rotatable bonds is 4. The fourth-order valence-corrected chi connectivity index (χ4v) is 3.07. The van der Waals surface area contributed by atoms with E-state index in [1.54, 1.807) is 18.2 Å². The zero-order valence-electron chi connectivity index (χ0n) is 14.1. The number of piperidine rings is 1. The molecule has 0 saturated carbocycles. The molecule has 2 aliphatic heterocycles. The average Bonchev–Trinajstić information content (AvgIpc) is 2.61. The molecule has 1 fully saturated rings. The summed E-state index contributed by atoms with van der Waals surface area (Å²) in [6, 6.07) is 5.02. The molecule has 7 nitrogen and oxygen atoms in total. The molecular formula is C17H23ClN2O5. The number of likely N-dealkylation sites (tertiary alicyclic amines) is 1. The number of carboxylic acids is 1. The van der Waals surface area contributed by atoms with E-state index in [2.05, 4.69) is 5.32 Å². The molecule has 1 unspecified atom stereocenters. The van der Waals surface area contributed by atoms with Gasteiger partial charge in [0.2, 0.25) is 5.91 Å². The van der Waals surface area contributed by atoms with Gasteiger partial charge in [-0.15, -0.1) is 12.4 Å². The van der Waals surface area contributed by atoms with Crippen LogP contribution in [0.1, 0.15) is 19.8 Å². The molecule has 0 aliphatic carbocycles. The van der Waals surface area contributed by atoms with E-state index in [0.29, 0.717) is 56.3 Å². The van der Waals surface area contributed by atoms with Crippen LogP contribution in [0.2, 0.25) is 0 Å². The summed E-state index contributed by atoms with van der Waals surface area (Å²) < 4.78 is 11.0. The van der Waals surface area contributed by atoms with Crippen LogP contribution in [0, 0.1) is 5.92 Å². The first-order chi connectivity index (χ1) is 11.5. The van der Waals surface area contributed by atoms with Crippen LogP contribution in [0.15, 0.2) is 18.2 Å². The number of hydrogen-bond donors (Lipinski definition) is 2. The summed E-state index contributed by atoms with van der Waals surface area (Å²) in [6.45, 7) is 4.11. The first kappa shape index (κ1) is 19.3. The van der Waals surface area contributed by atoms with Gasteiger partial charge in [0.1, 0.15) is 13.2 Å².